The maximum atomic E-state index is 12.9. The quantitative estimate of drug-likeness (QED) is 0.588. The van der Waals surface area contributed by atoms with Gasteiger partial charge >= 0.3 is 0 Å². The van der Waals surface area contributed by atoms with E-state index >= 15 is 0 Å². The number of phenolic OH excluding ortho intramolecular Hbond substituents is 1. The molecule has 0 radical (unpaired) electrons. The van der Waals surface area contributed by atoms with Crippen LogP contribution in [0.5, 0.6) is 5.75 Å². The second-order valence-corrected chi connectivity index (χ2v) is 5.58. The van der Waals surface area contributed by atoms with E-state index < -0.39 is 0 Å². The summed E-state index contributed by atoms with van der Waals surface area (Å²) in [7, 11) is 0. The Balaban J connectivity index is 1.89. The molecule has 1 aliphatic carbocycles. The number of ketones is 2. The molecule has 0 spiro atoms. The Morgan fingerprint density at radius 3 is 2.08 bits per heavy atom. The Morgan fingerprint density at radius 1 is 0.667 bits per heavy atom. The first kappa shape index (κ1) is 14.2. The summed E-state index contributed by atoms with van der Waals surface area (Å²) in [6.45, 7) is 0. The predicted octanol–water partition coefficient (Wildman–Crippen LogP) is 3.91. The zero-order valence-electron chi connectivity index (χ0n) is 12.6. The average Bonchev–Trinajstić information content (AvgIpc) is 2.60. The van der Waals surface area contributed by atoms with Crippen molar-refractivity contribution in [1.82, 2.24) is 0 Å². The zero-order chi connectivity index (χ0) is 16.7. The van der Waals surface area contributed by atoms with Crippen LogP contribution in [-0.2, 0) is 0 Å². The third kappa shape index (κ3) is 2.08. The smallest absolute Gasteiger partial charge is 0.200 e. The first-order chi connectivity index (χ1) is 11.7. The largest absolute Gasteiger partial charge is 0.507 e. The molecule has 116 valence electrons. The molecule has 3 aromatic carbocycles. The lowest BCUT2D eigenvalue weighted by Crippen LogP contribution is -2.22. The van der Waals surface area contributed by atoms with Crippen molar-refractivity contribution >= 4 is 22.9 Å². The van der Waals surface area contributed by atoms with Crippen molar-refractivity contribution in [1.29, 1.82) is 0 Å². The van der Waals surface area contributed by atoms with Gasteiger partial charge in [0.05, 0.1) is 16.8 Å². The molecule has 2 N–H and O–H groups in total. The summed E-state index contributed by atoms with van der Waals surface area (Å²) in [6, 6.07) is 19.1. The molecule has 0 saturated heterocycles. The Labute approximate surface area is 138 Å². The molecule has 0 heterocycles. The van der Waals surface area contributed by atoms with E-state index in [0.29, 0.717) is 16.8 Å². The van der Waals surface area contributed by atoms with E-state index in [1.807, 2.05) is 30.3 Å². The number of rotatable bonds is 2. The van der Waals surface area contributed by atoms with Crippen LogP contribution in [0.25, 0.3) is 0 Å². The van der Waals surface area contributed by atoms with Gasteiger partial charge in [-0.05, 0) is 24.3 Å². The normalized spacial score (nSPS) is 12.5. The molecule has 4 heteroatoms. The molecule has 24 heavy (non-hydrogen) atoms. The van der Waals surface area contributed by atoms with E-state index in [2.05, 4.69) is 5.32 Å². The summed E-state index contributed by atoms with van der Waals surface area (Å²) in [5.74, 6) is -0.782. The fourth-order valence-corrected chi connectivity index (χ4v) is 3.01. The minimum Gasteiger partial charge on any atom is -0.507 e. The van der Waals surface area contributed by atoms with E-state index in [-0.39, 0.29) is 28.4 Å². The molecule has 1 aliphatic rings. The molecule has 0 bridgehead atoms. The van der Waals surface area contributed by atoms with E-state index in [1.54, 1.807) is 30.3 Å². The Hall–Kier alpha value is -3.40. The summed E-state index contributed by atoms with van der Waals surface area (Å²) >= 11 is 0. The van der Waals surface area contributed by atoms with E-state index in [4.69, 9.17) is 0 Å². The fraction of sp³-hybridized carbons (Fsp3) is 0. The minimum atomic E-state index is -0.350. The number of anilines is 2. The SMILES string of the molecule is O=C1c2cccc(O)c2C(=O)c2c(Nc3ccccc3)cccc21. The van der Waals surface area contributed by atoms with Crippen molar-refractivity contribution in [2.24, 2.45) is 0 Å². The maximum Gasteiger partial charge on any atom is 0.200 e. The van der Waals surface area contributed by atoms with E-state index in [9.17, 15) is 14.7 Å². The number of phenols is 1. The van der Waals surface area contributed by atoms with Gasteiger partial charge in [-0.1, -0.05) is 42.5 Å². The van der Waals surface area contributed by atoms with Gasteiger partial charge in [0.15, 0.2) is 11.6 Å². The van der Waals surface area contributed by atoms with Gasteiger partial charge in [0.25, 0.3) is 0 Å². The lowest BCUT2D eigenvalue weighted by Gasteiger charge is -2.21. The highest BCUT2D eigenvalue weighted by Crippen LogP contribution is 2.36. The molecule has 0 saturated carbocycles. The van der Waals surface area contributed by atoms with Crippen LogP contribution in [0.15, 0.2) is 66.7 Å². The van der Waals surface area contributed by atoms with Gasteiger partial charge in [-0.25, -0.2) is 0 Å². The van der Waals surface area contributed by atoms with Crippen LogP contribution in [0.1, 0.15) is 31.8 Å². The van der Waals surface area contributed by atoms with E-state index in [1.165, 1.54) is 6.07 Å². The van der Waals surface area contributed by atoms with Gasteiger partial charge in [0, 0.05) is 16.8 Å². The number of hydrogen-bond donors (Lipinski definition) is 2. The lowest BCUT2D eigenvalue weighted by molar-refractivity contribution is 0.0977. The third-order valence-corrected chi connectivity index (χ3v) is 4.10. The van der Waals surface area contributed by atoms with Gasteiger partial charge in [-0.3, -0.25) is 9.59 Å². The zero-order valence-corrected chi connectivity index (χ0v) is 12.6. The lowest BCUT2D eigenvalue weighted by atomic mass is 9.82. The third-order valence-electron chi connectivity index (χ3n) is 4.10. The summed E-state index contributed by atoms with van der Waals surface area (Å²) in [5, 5.41) is 13.2. The number of hydrogen-bond acceptors (Lipinski definition) is 4. The summed E-state index contributed by atoms with van der Waals surface area (Å²) in [4.78, 5) is 25.7. The molecule has 0 atom stereocenters. The summed E-state index contributed by atoms with van der Waals surface area (Å²) in [6.07, 6.45) is 0. The number of para-hydroxylation sites is 1. The van der Waals surface area contributed by atoms with Crippen LogP contribution in [-0.4, -0.2) is 16.7 Å². The molecule has 3 aromatic rings. The first-order valence-electron chi connectivity index (χ1n) is 7.53. The Bertz CT molecular complexity index is 977. The van der Waals surface area contributed by atoms with Gasteiger partial charge in [0.1, 0.15) is 5.75 Å². The number of carbonyl (C=O) groups excluding carboxylic acids is 2. The molecule has 4 nitrogen and oxygen atoms in total. The van der Waals surface area contributed by atoms with Gasteiger partial charge < -0.3 is 10.4 Å². The molecule has 0 aliphatic heterocycles. The van der Waals surface area contributed by atoms with Crippen LogP contribution in [0.3, 0.4) is 0 Å². The standard InChI is InChI=1S/C20H13NO3/c22-16-11-5-9-14-18(16)20(24)17-13(19(14)23)8-4-10-15(17)21-12-6-2-1-3-7-12/h1-11,21-22H. The number of benzene rings is 3. The number of fused-ring (bicyclic) bond motifs is 2. The molecular weight excluding hydrogens is 302 g/mol. The van der Waals surface area contributed by atoms with E-state index in [0.717, 1.165) is 5.69 Å². The highest BCUT2D eigenvalue weighted by atomic mass is 16.3. The second-order valence-electron chi connectivity index (χ2n) is 5.58. The second kappa shape index (κ2) is 5.35. The Morgan fingerprint density at radius 2 is 1.33 bits per heavy atom. The van der Waals surface area contributed by atoms with Crippen LogP contribution >= 0.6 is 0 Å². The van der Waals surface area contributed by atoms with Crippen LogP contribution in [0.4, 0.5) is 11.4 Å². The maximum absolute atomic E-state index is 12.9. The van der Waals surface area contributed by atoms with Gasteiger partial charge in [-0.2, -0.15) is 0 Å². The molecular formula is C20H13NO3. The number of nitrogens with one attached hydrogen (secondary N) is 1. The highest BCUT2D eigenvalue weighted by Gasteiger charge is 2.33. The van der Waals surface area contributed by atoms with Crippen molar-refractivity contribution in [3.05, 3.63) is 89.0 Å². The fourth-order valence-electron chi connectivity index (χ4n) is 3.01. The molecule has 0 fully saturated rings. The molecule has 4 rings (SSSR count). The topological polar surface area (TPSA) is 66.4 Å². The average molecular weight is 315 g/mol. The van der Waals surface area contributed by atoms with Gasteiger partial charge in [-0.15, -0.1) is 0 Å². The van der Waals surface area contributed by atoms with Crippen LogP contribution < -0.4 is 5.32 Å². The van der Waals surface area contributed by atoms with Crippen molar-refractivity contribution in [2.45, 2.75) is 0 Å². The molecule has 0 unspecified atom stereocenters. The van der Waals surface area contributed by atoms with Crippen molar-refractivity contribution < 1.29 is 14.7 Å². The van der Waals surface area contributed by atoms with Crippen molar-refractivity contribution in [2.75, 3.05) is 5.32 Å². The van der Waals surface area contributed by atoms with Crippen molar-refractivity contribution in [3.8, 4) is 5.75 Å². The minimum absolute atomic E-state index is 0.0670. The monoisotopic (exact) mass is 315 g/mol. The molecule has 0 amide bonds. The van der Waals surface area contributed by atoms with Gasteiger partial charge in [0.2, 0.25) is 0 Å². The van der Waals surface area contributed by atoms with Crippen LogP contribution in [0, 0.1) is 0 Å². The van der Waals surface area contributed by atoms with Crippen LogP contribution in [0.2, 0.25) is 0 Å². The predicted molar refractivity (Wildman–Crippen MR) is 91.1 cm³/mol. The highest BCUT2D eigenvalue weighted by molar-refractivity contribution is 6.31. The number of aromatic hydroxyl groups is 1. The summed E-state index contributed by atoms with van der Waals surface area (Å²) < 4.78 is 0. The molecule has 0 aromatic heterocycles. The number of carbonyl (C=O) groups is 2. The van der Waals surface area contributed by atoms with Crippen molar-refractivity contribution in [3.63, 3.8) is 0 Å². The first-order valence-corrected chi connectivity index (χ1v) is 7.53. The summed E-state index contributed by atoms with van der Waals surface area (Å²) in [5.41, 5.74) is 2.31. The Kier molecular flexibility index (Phi) is 3.17.